The molecular weight excluding hydrogens is 260 g/mol. The van der Waals surface area contributed by atoms with Crippen LogP contribution in [0.15, 0.2) is 24.3 Å². The van der Waals surface area contributed by atoms with Crippen molar-refractivity contribution in [1.82, 2.24) is 4.31 Å². The fourth-order valence-electron chi connectivity index (χ4n) is 2.68. The van der Waals surface area contributed by atoms with Gasteiger partial charge in [0.25, 0.3) is 0 Å². The van der Waals surface area contributed by atoms with E-state index in [0.29, 0.717) is 18.2 Å². The molecule has 19 heavy (non-hydrogen) atoms. The number of rotatable bonds is 4. The molecule has 0 aromatic heterocycles. The molecule has 2 N–H and O–H groups in total. The predicted molar refractivity (Wildman–Crippen MR) is 78.0 cm³/mol. The van der Waals surface area contributed by atoms with Crippen LogP contribution in [-0.4, -0.2) is 25.3 Å². The van der Waals surface area contributed by atoms with Crippen molar-refractivity contribution < 1.29 is 8.42 Å². The third-order valence-electron chi connectivity index (χ3n) is 3.70. The summed E-state index contributed by atoms with van der Waals surface area (Å²) in [6.45, 7) is 4.82. The van der Waals surface area contributed by atoms with Gasteiger partial charge in [0.2, 0.25) is 10.0 Å². The molecule has 0 amide bonds. The van der Waals surface area contributed by atoms with Gasteiger partial charge in [0.05, 0.1) is 5.75 Å². The van der Waals surface area contributed by atoms with E-state index in [1.54, 1.807) is 28.6 Å². The summed E-state index contributed by atoms with van der Waals surface area (Å²) in [7, 11) is -3.23. The zero-order valence-electron chi connectivity index (χ0n) is 11.5. The molecule has 1 aromatic carbocycles. The van der Waals surface area contributed by atoms with Crippen LogP contribution in [0.3, 0.4) is 0 Å². The van der Waals surface area contributed by atoms with Crippen LogP contribution in [0.5, 0.6) is 0 Å². The zero-order valence-corrected chi connectivity index (χ0v) is 12.4. The van der Waals surface area contributed by atoms with Crippen LogP contribution < -0.4 is 5.73 Å². The summed E-state index contributed by atoms with van der Waals surface area (Å²) in [5, 5.41) is 0. The van der Waals surface area contributed by atoms with Crippen LogP contribution in [0.25, 0.3) is 0 Å². The molecule has 1 atom stereocenters. The smallest absolute Gasteiger partial charge is 0.218 e. The molecule has 1 fully saturated rings. The molecule has 0 radical (unpaired) electrons. The van der Waals surface area contributed by atoms with Gasteiger partial charge in [-0.3, -0.25) is 0 Å². The summed E-state index contributed by atoms with van der Waals surface area (Å²) in [5.41, 5.74) is 7.06. The highest BCUT2D eigenvalue weighted by Gasteiger charge is 2.35. The van der Waals surface area contributed by atoms with Crippen molar-refractivity contribution in [2.45, 2.75) is 38.5 Å². The van der Waals surface area contributed by atoms with Gasteiger partial charge in [-0.15, -0.1) is 0 Å². The first-order chi connectivity index (χ1) is 8.90. The Kier molecular flexibility index (Phi) is 4.16. The average Bonchev–Trinajstić information content (AvgIpc) is 2.82. The van der Waals surface area contributed by atoms with E-state index in [0.717, 1.165) is 18.4 Å². The molecule has 1 aliphatic heterocycles. The van der Waals surface area contributed by atoms with Crippen LogP contribution >= 0.6 is 0 Å². The fraction of sp³-hybridized carbons (Fsp3) is 0.571. The number of hydrogen-bond acceptors (Lipinski definition) is 3. The van der Waals surface area contributed by atoms with Gasteiger partial charge in [-0.1, -0.05) is 26.0 Å². The van der Waals surface area contributed by atoms with Gasteiger partial charge < -0.3 is 5.73 Å². The number of anilines is 1. The van der Waals surface area contributed by atoms with Crippen molar-refractivity contribution in [2.24, 2.45) is 5.92 Å². The van der Waals surface area contributed by atoms with Gasteiger partial charge in [0.15, 0.2) is 0 Å². The lowest BCUT2D eigenvalue weighted by molar-refractivity contribution is 0.315. The molecule has 0 aliphatic carbocycles. The maximum absolute atomic E-state index is 12.5. The summed E-state index contributed by atoms with van der Waals surface area (Å²) in [4.78, 5) is 0. The lowest BCUT2D eigenvalue weighted by atomic mass is 10.0. The molecule has 0 spiro atoms. The van der Waals surface area contributed by atoms with Crippen molar-refractivity contribution in [2.75, 3.05) is 12.3 Å². The maximum atomic E-state index is 12.5. The lowest BCUT2D eigenvalue weighted by Crippen LogP contribution is -2.39. The Morgan fingerprint density at radius 2 is 1.95 bits per heavy atom. The van der Waals surface area contributed by atoms with E-state index in [4.69, 9.17) is 5.73 Å². The molecule has 1 aliphatic rings. The van der Waals surface area contributed by atoms with E-state index >= 15 is 0 Å². The van der Waals surface area contributed by atoms with Crippen LogP contribution in [0.1, 0.15) is 32.3 Å². The number of benzene rings is 1. The van der Waals surface area contributed by atoms with E-state index in [2.05, 4.69) is 13.8 Å². The van der Waals surface area contributed by atoms with Crippen LogP contribution in [0.4, 0.5) is 5.69 Å². The number of nitrogens with zero attached hydrogens (tertiary/aromatic N) is 1. The summed E-state index contributed by atoms with van der Waals surface area (Å²) >= 11 is 0. The van der Waals surface area contributed by atoms with Gasteiger partial charge in [0.1, 0.15) is 0 Å². The standard InChI is InChI=1S/C14H22N2O2S/c1-11(2)14-4-3-9-16(14)19(17,18)10-12-5-7-13(15)8-6-12/h5-8,11,14H,3-4,9-10,15H2,1-2H3. The third-order valence-corrected chi connectivity index (χ3v) is 5.57. The Hall–Kier alpha value is -1.07. The van der Waals surface area contributed by atoms with Gasteiger partial charge in [-0.05, 0) is 36.5 Å². The number of nitrogens with two attached hydrogens (primary N) is 1. The Morgan fingerprint density at radius 3 is 2.53 bits per heavy atom. The van der Waals surface area contributed by atoms with Gasteiger partial charge in [0, 0.05) is 18.3 Å². The summed E-state index contributed by atoms with van der Waals surface area (Å²) in [5.74, 6) is 0.431. The topological polar surface area (TPSA) is 63.4 Å². The predicted octanol–water partition coefficient (Wildman–Crippen LogP) is 2.22. The van der Waals surface area contributed by atoms with E-state index in [1.807, 2.05) is 0 Å². The molecule has 1 saturated heterocycles. The molecule has 5 heteroatoms. The SMILES string of the molecule is CC(C)C1CCCN1S(=O)(=O)Cc1ccc(N)cc1. The van der Waals surface area contributed by atoms with Gasteiger partial charge >= 0.3 is 0 Å². The van der Waals surface area contributed by atoms with Crippen molar-refractivity contribution in [1.29, 1.82) is 0 Å². The molecular formula is C14H22N2O2S. The largest absolute Gasteiger partial charge is 0.399 e. The fourth-order valence-corrected chi connectivity index (χ4v) is 4.63. The van der Waals surface area contributed by atoms with Gasteiger partial charge in [-0.25, -0.2) is 8.42 Å². The second-order valence-electron chi connectivity index (χ2n) is 5.56. The second kappa shape index (κ2) is 5.51. The zero-order chi connectivity index (χ0) is 14.0. The number of sulfonamides is 1. The van der Waals surface area contributed by atoms with E-state index in [-0.39, 0.29) is 11.8 Å². The Morgan fingerprint density at radius 1 is 1.32 bits per heavy atom. The van der Waals surface area contributed by atoms with Crippen LogP contribution in [0.2, 0.25) is 0 Å². The monoisotopic (exact) mass is 282 g/mol. The van der Waals surface area contributed by atoms with Gasteiger partial charge in [-0.2, -0.15) is 4.31 Å². The minimum Gasteiger partial charge on any atom is -0.399 e. The van der Waals surface area contributed by atoms with Crippen molar-refractivity contribution in [3.63, 3.8) is 0 Å². The van der Waals surface area contributed by atoms with Crippen LogP contribution in [-0.2, 0) is 15.8 Å². The van der Waals surface area contributed by atoms with Crippen molar-refractivity contribution >= 4 is 15.7 Å². The first-order valence-electron chi connectivity index (χ1n) is 6.74. The summed E-state index contributed by atoms with van der Waals surface area (Å²) < 4.78 is 26.7. The third kappa shape index (κ3) is 3.28. The molecule has 0 saturated carbocycles. The Balaban J connectivity index is 2.16. The minimum atomic E-state index is -3.23. The molecule has 106 valence electrons. The van der Waals surface area contributed by atoms with Crippen LogP contribution in [0, 0.1) is 5.92 Å². The minimum absolute atomic E-state index is 0.0660. The molecule has 1 unspecified atom stereocenters. The molecule has 0 bridgehead atoms. The molecule has 4 nitrogen and oxygen atoms in total. The molecule has 1 aromatic rings. The van der Waals surface area contributed by atoms with Crippen molar-refractivity contribution in [3.8, 4) is 0 Å². The first kappa shape index (κ1) is 14.3. The Labute approximate surface area is 115 Å². The Bertz CT molecular complexity index is 523. The van der Waals surface area contributed by atoms with E-state index in [1.165, 1.54) is 0 Å². The summed E-state index contributed by atoms with van der Waals surface area (Å²) in [6.07, 6.45) is 1.93. The highest BCUT2D eigenvalue weighted by molar-refractivity contribution is 7.88. The highest BCUT2D eigenvalue weighted by atomic mass is 32.2. The number of hydrogen-bond donors (Lipinski definition) is 1. The normalized spacial score (nSPS) is 21.1. The lowest BCUT2D eigenvalue weighted by Gasteiger charge is -2.26. The molecule has 1 heterocycles. The quantitative estimate of drug-likeness (QED) is 0.861. The average molecular weight is 282 g/mol. The second-order valence-corrected chi connectivity index (χ2v) is 7.48. The van der Waals surface area contributed by atoms with E-state index < -0.39 is 10.0 Å². The number of nitrogen functional groups attached to an aromatic ring is 1. The molecule has 2 rings (SSSR count). The highest BCUT2D eigenvalue weighted by Crippen LogP contribution is 2.28. The summed E-state index contributed by atoms with van der Waals surface area (Å²) in [6, 6.07) is 7.21. The maximum Gasteiger partial charge on any atom is 0.218 e. The first-order valence-corrected chi connectivity index (χ1v) is 8.35. The van der Waals surface area contributed by atoms with Crippen molar-refractivity contribution in [3.05, 3.63) is 29.8 Å². The van der Waals surface area contributed by atoms with E-state index in [9.17, 15) is 8.42 Å².